The van der Waals surface area contributed by atoms with Gasteiger partial charge in [0.05, 0.1) is 6.04 Å². The molecule has 2 rings (SSSR count). The third kappa shape index (κ3) is 1.97. The molecule has 0 aromatic carbocycles. The summed E-state index contributed by atoms with van der Waals surface area (Å²) >= 11 is 1.77. The van der Waals surface area contributed by atoms with Crippen LogP contribution in [0.25, 0.3) is 0 Å². The maximum atomic E-state index is 5.58. The molecular formula is C10H17N3S. The van der Waals surface area contributed by atoms with Gasteiger partial charge in [0.1, 0.15) is 5.01 Å². The van der Waals surface area contributed by atoms with Gasteiger partial charge in [-0.1, -0.05) is 6.42 Å². The highest BCUT2D eigenvalue weighted by atomic mass is 32.1. The second kappa shape index (κ2) is 4.38. The number of aromatic nitrogens is 1. The van der Waals surface area contributed by atoms with Crippen LogP contribution in [0, 0.1) is 0 Å². The summed E-state index contributed by atoms with van der Waals surface area (Å²) in [6, 6.07) is 0.536. The van der Waals surface area contributed by atoms with E-state index in [0.29, 0.717) is 12.6 Å². The van der Waals surface area contributed by atoms with Gasteiger partial charge in [-0.25, -0.2) is 4.98 Å². The third-order valence-electron chi connectivity index (χ3n) is 2.83. The highest BCUT2D eigenvalue weighted by molar-refractivity contribution is 7.11. The zero-order chi connectivity index (χ0) is 9.97. The van der Waals surface area contributed by atoms with E-state index in [1.807, 2.05) is 6.20 Å². The van der Waals surface area contributed by atoms with Gasteiger partial charge in [0.2, 0.25) is 0 Å². The van der Waals surface area contributed by atoms with E-state index < -0.39 is 0 Å². The molecule has 1 aliphatic heterocycles. The molecule has 14 heavy (non-hydrogen) atoms. The molecule has 1 unspecified atom stereocenters. The van der Waals surface area contributed by atoms with Crippen LogP contribution in [0.5, 0.6) is 0 Å². The molecule has 2 N–H and O–H groups in total. The van der Waals surface area contributed by atoms with E-state index in [4.69, 9.17) is 5.73 Å². The Bertz CT molecular complexity index is 297. The Morgan fingerprint density at radius 1 is 1.64 bits per heavy atom. The predicted octanol–water partition coefficient (Wildman–Crippen LogP) is 1.76. The third-order valence-corrected chi connectivity index (χ3v) is 3.95. The molecule has 3 nitrogen and oxygen atoms in total. The number of rotatable bonds is 2. The van der Waals surface area contributed by atoms with Gasteiger partial charge in [0.15, 0.2) is 0 Å². The first-order valence-corrected chi connectivity index (χ1v) is 5.98. The van der Waals surface area contributed by atoms with Crippen LogP contribution in [-0.4, -0.2) is 23.5 Å². The lowest BCUT2D eigenvalue weighted by atomic mass is 10.0. The summed E-state index contributed by atoms with van der Waals surface area (Å²) in [7, 11) is 2.19. The fourth-order valence-electron chi connectivity index (χ4n) is 1.96. The molecule has 0 saturated carbocycles. The Kier molecular flexibility index (Phi) is 3.15. The molecule has 1 aliphatic rings. The largest absolute Gasteiger partial charge is 0.326 e. The Hall–Kier alpha value is -0.450. The minimum Gasteiger partial charge on any atom is -0.326 e. The van der Waals surface area contributed by atoms with E-state index in [1.165, 1.54) is 35.7 Å². The number of likely N-dealkylation sites (tertiary alicyclic amines) is 1. The molecule has 1 fully saturated rings. The molecule has 1 saturated heterocycles. The lowest BCUT2D eigenvalue weighted by molar-refractivity contribution is 0.187. The quantitative estimate of drug-likeness (QED) is 0.810. The normalized spacial score (nSPS) is 24.0. The van der Waals surface area contributed by atoms with Crippen LogP contribution in [0.4, 0.5) is 0 Å². The van der Waals surface area contributed by atoms with Crippen LogP contribution < -0.4 is 5.73 Å². The van der Waals surface area contributed by atoms with Gasteiger partial charge >= 0.3 is 0 Å². The average Bonchev–Trinajstić information content (AvgIpc) is 2.67. The van der Waals surface area contributed by atoms with E-state index >= 15 is 0 Å². The minimum absolute atomic E-state index is 0.536. The minimum atomic E-state index is 0.536. The summed E-state index contributed by atoms with van der Waals surface area (Å²) in [5.74, 6) is 0. The topological polar surface area (TPSA) is 42.2 Å². The van der Waals surface area contributed by atoms with Gasteiger partial charge in [-0.15, -0.1) is 11.3 Å². The van der Waals surface area contributed by atoms with E-state index in [9.17, 15) is 0 Å². The number of nitrogens with zero attached hydrogens (tertiary/aromatic N) is 2. The Balaban J connectivity index is 2.12. The SMILES string of the molecule is CN1CCCCC1c1ncc(CN)s1. The molecule has 78 valence electrons. The van der Waals surface area contributed by atoms with Crippen molar-refractivity contribution in [3.8, 4) is 0 Å². The zero-order valence-corrected chi connectivity index (χ0v) is 9.39. The van der Waals surface area contributed by atoms with Crippen molar-refractivity contribution in [1.29, 1.82) is 0 Å². The Labute approximate surface area is 88.9 Å². The second-order valence-electron chi connectivity index (χ2n) is 3.86. The van der Waals surface area contributed by atoms with Crippen molar-refractivity contribution < 1.29 is 0 Å². The summed E-state index contributed by atoms with van der Waals surface area (Å²) in [5.41, 5.74) is 5.58. The number of thiazole rings is 1. The summed E-state index contributed by atoms with van der Waals surface area (Å²) in [4.78, 5) is 8.06. The summed E-state index contributed by atoms with van der Waals surface area (Å²) in [6.45, 7) is 1.82. The van der Waals surface area contributed by atoms with Crippen LogP contribution in [0.2, 0.25) is 0 Å². The first-order chi connectivity index (χ1) is 6.81. The fourth-order valence-corrected chi connectivity index (χ4v) is 2.95. The number of hydrogen-bond donors (Lipinski definition) is 1. The van der Waals surface area contributed by atoms with Crippen molar-refractivity contribution in [2.24, 2.45) is 5.73 Å². The smallest absolute Gasteiger partial charge is 0.110 e. The molecule has 1 aromatic rings. The van der Waals surface area contributed by atoms with Crippen LogP contribution in [-0.2, 0) is 6.54 Å². The summed E-state index contributed by atoms with van der Waals surface area (Å²) in [6.07, 6.45) is 5.81. The number of piperidine rings is 1. The maximum absolute atomic E-state index is 5.58. The standard InChI is InChI=1S/C10H17N3S/c1-13-5-3-2-4-9(13)10-12-7-8(6-11)14-10/h7,9H,2-6,11H2,1H3. The highest BCUT2D eigenvalue weighted by Gasteiger charge is 2.22. The van der Waals surface area contributed by atoms with Gasteiger partial charge in [0.25, 0.3) is 0 Å². The molecular weight excluding hydrogens is 194 g/mol. The predicted molar refractivity (Wildman–Crippen MR) is 59.2 cm³/mol. The van der Waals surface area contributed by atoms with E-state index in [0.717, 1.165) is 0 Å². The lowest BCUT2D eigenvalue weighted by Crippen LogP contribution is -2.29. The Morgan fingerprint density at radius 3 is 3.14 bits per heavy atom. The van der Waals surface area contributed by atoms with Crippen molar-refractivity contribution in [2.75, 3.05) is 13.6 Å². The van der Waals surface area contributed by atoms with Crippen LogP contribution in [0.15, 0.2) is 6.20 Å². The molecule has 0 aliphatic carbocycles. The van der Waals surface area contributed by atoms with E-state index in [2.05, 4.69) is 16.9 Å². The van der Waals surface area contributed by atoms with Crippen molar-refractivity contribution in [1.82, 2.24) is 9.88 Å². The zero-order valence-electron chi connectivity index (χ0n) is 8.57. The van der Waals surface area contributed by atoms with E-state index in [-0.39, 0.29) is 0 Å². The molecule has 1 atom stereocenters. The van der Waals surface area contributed by atoms with Gasteiger partial charge in [-0.05, 0) is 26.4 Å². The molecule has 0 radical (unpaired) electrons. The van der Waals surface area contributed by atoms with Gasteiger partial charge < -0.3 is 5.73 Å². The van der Waals surface area contributed by atoms with Gasteiger partial charge in [-0.2, -0.15) is 0 Å². The molecule has 1 aromatic heterocycles. The van der Waals surface area contributed by atoms with Crippen molar-refractivity contribution in [3.63, 3.8) is 0 Å². The van der Waals surface area contributed by atoms with Crippen molar-refractivity contribution in [3.05, 3.63) is 16.1 Å². The highest BCUT2D eigenvalue weighted by Crippen LogP contribution is 2.31. The van der Waals surface area contributed by atoms with Gasteiger partial charge in [0, 0.05) is 17.6 Å². The molecule has 0 bridgehead atoms. The first-order valence-electron chi connectivity index (χ1n) is 5.16. The number of hydrogen-bond acceptors (Lipinski definition) is 4. The molecule has 2 heterocycles. The average molecular weight is 211 g/mol. The maximum Gasteiger partial charge on any atom is 0.110 e. The number of nitrogens with two attached hydrogens (primary N) is 1. The fraction of sp³-hybridized carbons (Fsp3) is 0.700. The molecule has 4 heteroatoms. The monoisotopic (exact) mass is 211 g/mol. The van der Waals surface area contributed by atoms with Gasteiger partial charge in [-0.3, -0.25) is 4.90 Å². The van der Waals surface area contributed by atoms with Crippen LogP contribution >= 0.6 is 11.3 Å². The second-order valence-corrected chi connectivity index (χ2v) is 5.01. The first kappa shape index (κ1) is 10.1. The van der Waals surface area contributed by atoms with Crippen molar-refractivity contribution >= 4 is 11.3 Å². The van der Waals surface area contributed by atoms with Crippen LogP contribution in [0.1, 0.15) is 35.2 Å². The molecule has 0 spiro atoms. The lowest BCUT2D eigenvalue weighted by Gasteiger charge is -2.30. The Morgan fingerprint density at radius 2 is 2.50 bits per heavy atom. The molecule has 0 amide bonds. The van der Waals surface area contributed by atoms with Crippen molar-refractivity contribution in [2.45, 2.75) is 31.8 Å². The van der Waals surface area contributed by atoms with E-state index in [1.54, 1.807) is 11.3 Å². The van der Waals surface area contributed by atoms with Crippen LogP contribution in [0.3, 0.4) is 0 Å². The summed E-state index contributed by atoms with van der Waals surface area (Å²) < 4.78 is 0. The summed E-state index contributed by atoms with van der Waals surface area (Å²) in [5, 5.41) is 1.24.